The third kappa shape index (κ3) is 2.93. The first-order valence-electron chi connectivity index (χ1n) is 5.55. The van der Waals surface area contributed by atoms with Gasteiger partial charge in [0, 0.05) is 7.05 Å². The summed E-state index contributed by atoms with van der Waals surface area (Å²) in [5.41, 5.74) is 0.0887. The zero-order valence-corrected chi connectivity index (χ0v) is 11.0. The molecule has 0 saturated heterocycles. The molecule has 0 atom stereocenters. The predicted octanol–water partition coefficient (Wildman–Crippen LogP) is -1.05. The van der Waals surface area contributed by atoms with Crippen molar-refractivity contribution >= 4 is 28.7 Å². The maximum Gasteiger partial charge on any atom is 0.262 e. The number of aromatic amines is 1. The Bertz CT molecular complexity index is 650. The van der Waals surface area contributed by atoms with E-state index in [0.717, 1.165) is 11.8 Å². The maximum atomic E-state index is 11.8. The largest absolute Gasteiger partial charge is 0.394 e. The first-order valence-corrected chi connectivity index (χ1v) is 6.54. The number of nitrogens with one attached hydrogen (secondary N) is 2. The van der Waals surface area contributed by atoms with Crippen molar-refractivity contribution in [3.63, 3.8) is 0 Å². The molecule has 2 heterocycles. The van der Waals surface area contributed by atoms with Crippen molar-refractivity contribution < 1.29 is 9.90 Å². The lowest BCUT2D eigenvalue weighted by molar-refractivity contribution is -0.118. The Morgan fingerprint density at radius 3 is 3.11 bits per heavy atom. The summed E-state index contributed by atoms with van der Waals surface area (Å²) in [6, 6.07) is 0. The minimum atomic E-state index is -0.311. The summed E-state index contributed by atoms with van der Waals surface area (Å²) in [5.74, 6) is 0.00984. The van der Waals surface area contributed by atoms with E-state index >= 15 is 0 Å². The van der Waals surface area contributed by atoms with Gasteiger partial charge in [0.05, 0.1) is 25.1 Å². The number of carbonyl (C=O) groups is 1. The summed E-state index contributed by atoms with van der Waals surface area (Å²) < 4.78 is 1.45. The van der Waals surface area contributed by atoms with E-state index in [-0.39, 0.29) is 30.4 Å². The fourth-order valence-corrected chi connectivity index (χ4v) is 2.21. The van der Waals surface area contributed by atoms with E-state index in [4.69, 9.17) is 5.11 Å². The van der Waals surface area contributed by atoms with Crippen molar-refractivity contribution in [3.05, 3.63) is 16.6 Å². The van der Waals surface area contributed by atoms with Crippen LogP contribution < -0.4 is 10.9 Å². The molecule has 0 aliphatic rings. The molecule has 0 spiro atoms. The molecule has 2 aromatic heterocycles. The van der Waals surface area contributed by atoms with Crippen LogP contribution in [0.15, 0.2) is 16.1 Å². The van der Waals surface area contributed by atoms with Crippen molar-refractivity contribution in [1.29, 1.82) is 0 Å². The van der Waals surface area contributed by atoms with E-state index in [1.54, 1.807) is 7.05 Å². The predicted molar refractivity (Wildman–Crippen MR) is 70.0 cm³/mol. The second kappa shape index (κ2) is 5.85. The molecule has 2 aromatic rings. The SMILES string of the molecule is CNC(=O)CSc1nc2c(cnn2CCO)c(=O)[nH]1. The highest BCUT2D eigenvalue weighted by molar-refractivity contribution is 7.99. The van der Waals surface area contributed by atoms with Crippen LogP contribution in [-0.4, -0.2) is 50.2 Å². The molecule has 0 fully saturated rings. The Labute approximate surface area is 112 Å². The Hall–Kier alpha value is -1.87. The molecule has 0 aromatic carbocycles. The van der Waals surface area contributed by atoms with Gasteiger partial charge in [-0.15, -0.1) is 0 Å². The van der Waals surface area contributed by atoms with E-state index in [0.29, 0.717) is 16.2 Å². The Morgan fingerprint density at radius 1 is 1.63 bits per heavy atom. The molecular formula is C10H13N5O3S. The molecule has 0 aliphatic heterocycles. The van der Waals surface area contributed by atoms with E-state index < -0.39 is 0 Å². The average molecular weight is 283 g/mol. The molecule has 9 heteroatoms. The van der Waals surface area contributed by atoms with Gasteiger partial charge in [-0.3, -0.25) is 9.59 Å². The van der Waals surface area contributed by atoms with Crippen molar-refractivity contribution in [2.24, 2.45) is 0 Å². The number of thioether (sulfide) groups is 1. The second-order valence-corrected chi connectivity index (χ2v) is 4.63. The Morgan fingerprint density at radius 2 is 2.42 bits per heavy atom. The number of aliphatic hydroxyl groups excluding tert-OH is 1. The van der Waals surface area contributed by atoms with Gasteiger partial charge in [-0.1, -0.05) is 11.8 Å². The number of H-pyrrole nitrogens is 1. The third-order valence-electron chi connectivity index (χ3n) is 2.41. The van der Waals surface area contributed by atoms with Gasteiger partial charge in [0.25, 0.3) is 5.56 Å². The highest BCUT2D eigenvalue weighted by Gasteiger charge is 2.11. The van der Waals surface area contributed by atoms with Gasteiger partial charge in [-0.05, 0) is 0 Å². The number of amides is 1. The van der Waals surface area contributed by atoms with Gasteiger partial charge in [0.15, 0.2) is 10.8 Å². The summed E-state index contributed by atoms with van der Waals surface area (Å²) in [6.45, 7) is 0.172. The number of aromatic nitrogens is 4. The average Bonchev–Trinajstić information content (AvgIpc) is 2.80. The molecule has 8 nitrogen and oxygen atoms in total. The topological polar surface area (TPSA) is 113 Å². The number of aliphatic hydroxyl groups is 1. The molecule has 19 heavy (non-hydrogen) atoms. The van der Waals surface area contributed by atoms with Gasteiger partial charge in [-0.25, -0.2) is 9.67 Å². The number of rotatable bonds is 5. The summed E-state index contributed by atoms with van der Waals surface area (Å²) in [4.78, 5) is 29.8. The molecule has 0 radical (unpaired) electrons. The van der Waals surface area contributed by atoms with Crippen LogP contribution in [0.1, 0.15) is 0 Å². The Balaban J connectivity index is 2.33. The monoisotopic (exact) mass is 283 g/mol. The van der Waals surface area contributed by atoms with Crippen molar-refractivity contribution in [2.45, 2.75) is 11.7 Å². The second-order valence-electron chi connectivity index (χ2n) is 3.66. The summed E-state index contributed by atoms with van der Waals surface area (Å²) in [6.07, 6.45) is 1.41. The molecular weight excluding hydrogens is 270 g/mol. The zero-order valence-electron chi connectivity index (χ0n) is 10.2. The highest BCUT2D eigenvalue weighted by Crippen LogP contribution is 2.14. The van der Waals surface area contributed by atoms with Crippen LogP contribution >= 0.6 is 11.8 Å². The molecule has 0 unspecified atom stereocenters. The molecule has 102 valence electrons. The third-order valence-corrected chi connectivity index (χ3v) is 3.29. The van der Waals surface area contributed by atoms with Gasteiger partial charge in [0.2, 0.25) is 5.91 Å². The number of hydrogen-bond donors (Lipinski definition) is 3. The number of carbonyl (C=O) groups excluding carboxylic acids is 1. The van der Waals surface area contributed by atoms with Crippen LogP contribution in [0.3, 0.4) is 0 Å². The summed E-state index contributed by atoms with van der Waals surface area (Å²) in [7, 11) is 1.54. The van der Waals surface area contributed by atoms with Crippen molar-refractivity contribution in [3.8, 4) is 0 Å². The van der Waals surface area contributed by atoms with E-state index in [1.165, 1.54) is 10.9 Å². The molecule has 0 bridgehead atoms. The quantitative estimate of drug-likeness (QED) is 0.477. The normalized spacial score (nSPS) is 10.8. The molecule has 1 amide bonds. The van der Waals surface area contributed by atoms with E-state index in [1.807, 2.05) is 0 Å². The van der Waals surface area contributed by atoms with E-state index in [2.05, 4.69) is 20.4 Å². The molecule has 0 saturated carbocycles. The van der Waals surface area contributed by atoms with Crippen molar-refractivity contribution in [1.82, 2.24) is 25.1 Å². The smallest absolute Gasteiger partial charge is 0.262 e. The zero-order chi connectivity index (χ0) is 13.8. The first kappa shape index (κ1) is 13.6. The standard InChI is InChI=1S/C10H13N5O3S/c1-11-7(17)5-19-10-13-8-6(9(18)14-10)4-12-15(8)2-3-16/h4,16H,2-3,5H2,1H3,(H,11,17)(H,13,14,18). The maximum absolute atomic E-state index is 11.8. The minimum absolute atomic E-state index is 0.0913. The van der Waals surface area contributed by atoms with E-state index in [9.17, 15) is 9.59 Å². The number of hydrogen-bond acceptors (Lipinski definition) is 6. The first-order chi connectivity index (χ1) is 9.15. The van der Waals surface area contributed by atoms with Crippen LogP contribution in [0.4, 0.5) is 0 Å². The minimum Gasteiger partial charge on any atom is -0.394 e. The highest BCUT2D eigenvalue weighted by atomic mass is 32.2. The fraction of sp³-hybridized carbons (Fsp3) is 0.400. The van der Waals surface area contributed by atoms with Crippen LogP contribution in [0, 0.1) is 0 Å². The van der Waals surface area contributed by atoms with Gasteiger partial charge in [-0.2, -0.15) is 5.10 Å². The lowest BCUT2D eigenvalue weighted by Gasteiger charge is -2.02. The number of nitrogens with zero attached hydrogens (tertiary/aromatic N) is 3. The fourth-order valence-electron chi connectivity index (χ4n) is 1.48. The van der Waals surface area contributed by atoms with Crippen LogP contribution in [0.5, 0.6) is 0 Å². The Kier molecular flexibility index (Phi) is 4.17. The van der Waals surface area contributed by atoms with Crippen LogP contribution in [0.2, 0.25) is 0 Å². The molecule has 2 rings (SSSR count). The van der Waals surface area contributed by atoms with Crippen LogP contribution in [-0.2, 0) is 11.3 Å². The summed E-state index contributed by atoms with van der Waals surface area (Å²) in [5, 5.41) is 16.1. The van der Waals surface area contributed by atoms with Gasteiger partial charge < -0.3 is 15.4 Å². The van der Waals surface area contributed by atoms with Gasteiger partial charge in [0.1, 0.15) is 5.39 Å². The number of fused-ring (bicyclic) bond motifs is 1. The molecule has 0 aliphatic carbocycles. The van der Waals surface area contributed by atoms with Gasteiger partial charge >= 0.3 is 0 Å². The lowest BCUT2D eigenvalue weighted by atomic mass is 10.4. The van der Waals surface area contributed by atoms with Crippen molar-refractivity contribution in [2.75, 3.05) is 19.4 Å². The summed E-state index contributed by atoms with van der Waals surface area (Å²) >= 11 is 1.13. The lowest BCUT2D eigenvalue weighted by Crippen LogP contribution is -2.20. The molecule has 3 N–H and O–H groups in total. The van der Waals surface area contributed by atoms with Crippen LogP contribution in [0.25, 0.3) is 11.0 Å².